The summed E-state index contributed by atoms with van der Waals surface area (Å²) < 4.78 is 0. The number of rotatable bonds is 8. The maximum atomic E-state index is 9.23. The van der Waals surface area contributed by atoms with Crippen LogP contribution in [-0.2, 0) is 6.54 Å². The number of H-pyrrole nitrogens is 1. The van der Waals surface area contributed by atoms with Crippen molar-refractivity contribution < 1.29 is 5.11 Å². The summed E-state index contributed by atoms with van der Waals surface area (Å²) in [4.78, 5) is 9.75. The van der Waals surface area contributed by atoms with Gasteiger partial charge in [0.15, 0.2) is 0 Å². The zero-order valence-corrected chi connectivity index (χ0v) is 12.9. The van der Waals surface area contributed by atoms with E-state index in [1.807, 2.05) is 13.1 Å². The number of hydrogen-bond donors (Lipinski definition) is 2. The minimum absolute atomic E-state index is 0.187. The van der Waals surface area contributed by atoms with E-state index in [2.05, 4.69) is 52.1 Å². The molecule has 0 bridgehead atoms. The zero-order valence-electron chi connectivity index (χ0n) is 12.9. The second kappa shape index (κ2) is 7.96. The number of nitrogens with zero attached hydrogens (tertiary/aromatic N) is 2. The van der Waals surface area contributed by atoms with E-state index in [0.717, 1.165) is 31.0 Å². The van der Waals surface area contributed by atoms with Gasteiger partial charge < -0.3 is 10.1 Å². The number of aromatic nitrogens is 2. The molecule has 0 aliphatic rings. The van der Waals surface area contributed by atoms with E-state index < -0.39 is 0 Å². The summed E-state index contributed by atoms with van der Waals surface area (Å²) in [6, 6.07) is 10.6. The van der Waals surface area contributed by atoms with Crippen molar-refractivity contribution in [3.63, 3.8) is 0 Å². The zero-order chi connectivity index (χ0) is 15.1. The summed E-state index contributed by atoms with van der Waals surface area (Å²) in [6.07, 6.45) is 2.96. The number of imidazole rings is 1. The van der Waals surface area contributed by atoms with Gasteiger partial charge in [-0.05, 0) is 31.4 Å². The summed E-state index contributed by atoms with van der Waals surface area (Å²) in [6.45, 7) is 6.87. The van der Waals surface area contributed by atoms with E-state index in [1.165, 1.54) is 5.56 Å². The Kier molecular flexibility index (Phi) is 5.96. The van der Waals surface area contributed by atoms with E-state index in [-0.39, 0.29) is 6.61 Å². The third-order valence-corrected chi connectivity index (χ3v) is 3.81. The van der Waals surface area contributed by atoms with Gasteiger partial charge in [-0.2, -0.15) is 0 Å². The molecule has 21 heavy (non-hydrogen) atoms. The fraction of sp³-hybridized carbons (Fsp3) is 0.471. The van der Waals surface area contributed by atoms with Crippen molar-refractivity contribution in [1.82, 2.24) is 14.9 Å². The van der Waals surface area contributed by atoms with Crippen LogP contribution >= 0.6 is 0 Å². The van der Waals surface area contributed by atoms with Crippen LogP contribution in [0.15, 0.2) is 36.5 Å². The molecule has 1 heterocycles. The molecule has 1 atom stereocenters. The number of aliphatic hydroxyl groups is 1. The van der Waals surface area contributed by atoms with Crippen molar-refractivity contribution >= 4 is 0 Å². The first kappa shape index (κ1) is 15.7. The van der Waals surface area contributed by atoms with Crippen LogP contribution in [0.25, 0.3) is 0 Å². The van der Waals surface area contributed by atoms with E-state index in [9.17, 15) is 5.11 Å². The third kappa shape index (κ3) is 4.99. The van der Waals surface area contributed by atoms with Crippen molar-refractivity contribution in [3.05, 3.63) is 53.6 Å². The first-order valence-electron chi connectivity index (χ1n) is 7.57. The van der Waals surface area contributed by atoms with Crippen molar-refractivity contribution in [3.8, 4) is 0 Å². The first-order valence-corrected chi connectivity index (χ1v) is 7.57. The maximum Gasteiger partial charge on any atom is 0.103 e. The van der Waals surface area contributed by atoms with Crippen LogP contribution in [0.3, 0.4) is 0 Å². The van der Waals surface area contributed by atoms with Gasteiger partial charge in [-0.3, -0.25) is 4.90 Å². The average molecular weight is 287 g/mol. The van der Waals surface area contributed by atoms with Gasteiger partial charge in [0, 0.05) is 25.0 Å². The van der Waals surface area contributed by atoms with Gasteiger partial charge in [0.05, 0.1) is 6.61 Å². The molecule has 1 unspecified atom stereocenters. The quantitative estimate of drug-likeness (QED) is 0.785. The smallest absolute Gasteiger partial charge is 0.103 e. The Morgan fingerprint density at radius 2 is 2.00 bits per heavy atom. The molecule has 1 aromatic carbocycles. The average Bonchev–Trinajstić information content (AvgIpc) is 2.91. The van der Waals surface area contributed by atoms with Crippen molar-refractivity contribution in [1.29, 1.82) is 0 Å². The molecule has 2 aromatic rings. The van der Waals surface area contributed by atoms with Crippen LogP contribution < -0.4 is 0 Å². The summed E-state index contributed by atoms with van der Waals surface area (Å²) in [5.41, 5.74) is 2.48. The minimum Gasteiger partial charge on any atom is -0.395 e. The number of aliphatic hydroxyl groups excluding tert-OH is 1. The van der Waals surface area contributed by atoms with Crippen molar-refractivity contribution in [2.45, 2.75) is 32.7 Å². The number of nitrogens with one attached hydrogen (secondary N) is 1. The predicted octanol–water partition coefficient (Wildman–Crippen LogP) is 2.71. The van der Waals surface area contributed by atoms with Crippen LogP contribution in [0.1, 0.15) is 36.3 Å². The van der Waals surface area contributed by atoms with E-state index in [0.29, 0.717) is 12.5 Å². The van der Waals surface area contributed by atoms with Gasteiger partial charge in [0.25, 0.3) is 0 Å². The Hall–Kier alpha value is -1.65. The molecule has 2 N–H and O–H groups in total. The molecule has 4 nitrogen and oxygen atoms in total. The molecular formula is C17H25N3O. The normalized spacial score (nSPS) is 12.8. The van der Waals surface area contributed by atoms with Gasteiger partial charge in [0.2, 0.25) is 0 Å². The standard InChI is InChI=1S/C17H25N3O/c1-14(16-6-4-3-5-7-16)8-9-20(10-11-21)13-17-12-18-15(2)19-17/h3-7,12,14,21H,8-11,13H2,1-2H3,(H,18,19). The lowest BCUT2D eigenvalue weighted by Crippen LogP contribution is -2.28. The highest BCUT2D eigenvalue weighted by Gasteiger charge is 2.11. The van der Waals surface area contributed by atoms with Crippen LogP contribution in [0.2, 0.25) is 0 Å². The highest BCUT2D eigenvalue weighted by molar-refractivity contribution is 5.18. The molecule has 0 spiro atoms. The highest BCUT2D eigenvalue weighted by Crippen LogP contribution is 2.19. The van der Waals surface area contributed by atoms with Gasteiger partial charge in [-0.15, -0.1) is 0 Å². The Morgan fingerprint density at radius 1 is 1.24 bits per heavy atom. The maximum absolute atomic E-state index is 9.23. The van der Waals surface area contributed by atoms with E-state index >= 15 is 0 Å². The van der Waals surface area contributed by atoms with Crippen molar-refractivity contribution in [2.24, 2.45) is 0 Å². The molecule has 0 saturated carbocycles. The third-order valence-electron chi connectivity index (χ3n) is 3.81. The van der Waals surface area contributed by atoms with Gasteiger partial charge in [0.1, 0.15) is 5.82 Å². The lowest BCUT2D eigenvalue weighted by atomic mass is 9.98. The fourth-order valence-corrected chi connectivity index (χ4v) is 2.53. The minimum atomic E-state index is 0.187. The molecule has 0 saturated heterocycles. The second-order valence-corrected chi connectivity index (χ2v) is 5.59. The summed E-state index contributed by atoms with van der Waals surface area (Å²) >= 11 is 0. The molecule has 4 heteroatoms. The summed E-state index contributed by atoms with van der Waals surface area (Å²) in [5, 5.41) is 9.23. The van der Waals surface area contributed by atoms with Crippen LogP contribution in [0, 0.1) is 6.92 Å². The topological polar surface area (TPSA) is 52.1 Å². The largest absolute Gasteiger partial charge is 0.395 e. The predicted molar refractivity (Wildman–Crippen MR) is 85.2 cm³/mol. The number of benzene rings is 1. The van der Waals surface area contributed by atoms with Crippen LogP contribution in [-0.4, -0.2) is 39.7 Å². The number of aryl methyl sites for hydroxylation is 1. The van der Waals surface area contributed by atoms with E-state index in [4.69, 9.17) is 0 Å². The Labute approximate surface area is 126 Å². The molecule has 114 valence electrons. The lowest BCUT2D eigenvalue weighted by Gasteiger charge is -2.22. The molecule has 0 aliphatic carbocycles. The van der Waals surface area contributed by atoms with Gasteiger partial charge in [-0.25, -0.2) is 4.98 Å². The summed E-state index contributed by atoms with van der Waals surface area (Å²) in [5.74, 6) is 1.46. The molecule has 0 fully saturated rings. The number of hydrogen-bond acceptors (Lipinski definition) is 3. The van der Waals surface area contributed by atoms with Crippen LogP contribution in [0.4, 0.5) is 0 Å². The van der Waals surface area contributed by atoms with E-state index in [1.54, 1.807) is 0 Å². The fourth-order valence-electron chi connectivity index (χ4n) is 2.53. The molecule has 0 radical (unpaired) electrons. The Balaban J connectivity index is 1.87. The van der Waals surface area contributed by atoms with Crippen LogP contribution in [0.5, 0.6) is 0 Å². The Bertz CT molecular complexity index is 524. The first-order chi connectivity index (χ1) is 10.2. The molecule has 1 aromatic heterocycles. The number of aromatic amines is 1. The highest BCUT2D eigenvalue weighted by atomic mass is 16.3. The SMILES string of the molecule is Cc1ncc(CN(CCO)CCC(C)c2ccccc2)[nH]1. The molecule has 0 aliphatic heterocycles. The molecule has 2 rings (SSSR count). The molecule has 0 amide bonds. The van der Waals surface area contributed by atoms with Gasteiger partial charge >= 0.3 is 0 Å². The second-order valence-electron chi connectivity index (χ2n) is 5.59. The molecular weight excluding hydrogens is 262 g/mol. The lowest BCUT2D eigenvalue weighted by molar-refractivity contribution is 0.185. The Morgan fingerprint density at radius 3 is 2.62 bits per heavy atom. The van der Waals surface area contributed by atoms with Gasteiger partial charge in [-0.1, -0.05) is 37.3 Å². The van der Waals surface area contributed by atoms with Crippen molar-refractivity contribution in [2.75, 3.05) is 19.7 Å². The summed E-state index contributed by atoms with van der Waals surface area (Å²) in [7, 11) is 0. The monoisotopic (exact) mass is 287 g/mol.